The monoisotopic (exact) mass is 389 g/mol. The molecule has 1 fully saturated rings. The van der Waals surface area contributed by atoms with Crippen LogP contribution in [-0.2, 0) is 4.79 Å². The maximum atomic E-state index is 12.2. The quantitative estimate of drug-likeness (QED) is 0.592. The summed E-state index contributed by atoms with van der Waals surface area (Å²) in [6, 6.07) is 9.94. The Kier molecular flexibility index (Phi) is 5.81. The van der Waals surface area contributed by atoms with Crippen molar-refractivity contribution in [1.29, 1.82) is 0 Å². The summed E-state index contributed by atoms with van der Waals surface area (Å²) >= 11 is 5.77. The zero-order chi connectivity index (χ0) is 19.4. The molecule has 0 aromatic heterocycles. The van der Waals surface area contributed by atoms with E-state index >= 15 is 0 Å². The van der Waals surface area contributed by atoms with Gasteiger partial charge < -0.3 is 15.0 Å². The Morgan fingerprint density at radius 2 is 2.00 bits per heavy atom. The molecule has 8 heteroatoms. The number of halogens is 1. The third kappa shape index (κ3) is 4.68. The molecule has 3 rings (SSSR count). The second kappa shape index (κ2) is 8.26. The SMILES string of the molecule is Cc1cc(N2CCCC2)ccc1NC(=O)COc1ccc(Cl)cc1[N+](=O)[O-]. The number of anilines is 2. The summed E-state index contributed by atoms with van der Waals surface area (Å²) in [6.07, 6.45) is 2.40. The van der Waals surface area contributed by atoms with Gasteiger partial charge in [0.15, 0.2) is 12.4 Å². The molecule has 0 unspecified atom stereocenters. The number of rotatable bonds is 6. The maximum absolute atomic E-state index is 12.2. The molecule has 142 valence electrons. The topological polar surface area (TPSA) is 84.7 Å². The Labute approximate surface area is 162 Å². The molecule has 0 bridgehead atoms. The van der Waals surface area contributed by atoms with E-state index in [9.17, 15) is 14.9 Å². The molecule has 1 aliphatic heterocycles. The van der Waals surface area contributed by atoms with E-state index in [0.29, 0.717) is 5.69 Å². The minimum absolute atomic E-state index is 0.000605. The summed E-state index contributed by atoms with van der Waals surface area (Å²) in [5.41, 5.74) is 2.51. The van der Waals surface area contributed by atoms with E-state index in [1.54, 1.807) is 0 Å². The first-order valence-electron chi connectivity index (χ1n) is 8.66. The van der Waals surface area contributed by atoms with E-state index in [2.05, 4.69) is 10.2 Å². The number of nitrogens with one attached hydrogen (secondary N) is 1. The highest BCUT2D eigenvalue weighted by atomic mass is 35.5. The van der Waals surface area contributed by atoms with E-state index in [1.165, 1.54) is 31.0 Å². The van der Waals surface area contributed by atoms with Crippen molar-refractivity contribution in [2.75, 3.05) is 29.9 Å². The Balaban J connectivity index is 1.62. The fraction of sp³-hybridized carbons (Fsp3) is 0.316. The van der Waals surface area contributed by atoms with Crippen LogP contribution in [-0.4, -0.2) is 30.5 Å². The number of aryl methyl sites for hydroxylation is 1. The van der Waals surface area contributed by atoms with Crippen LogP contribution in [0.3, 0.4) is 0 Å². The Morgan fingerprint density at radius 1 is 1.26 bits per heavy atom. The number of ether oxygens (including phenoxy) is 1. The highest BCUT2D eigenvalue weighted by Gasteiger charge is 2.17. The minimum atomic E-state index is -0.597. The molecule has 27 heavy (non-hydrogen) atoms. The molecule has 1 N–H and O–H groups in total. The summed E-state index contributed by atoms with van der Waals surface area (Å²) in [7, 11) is 0. The average Bonchev–Trinajstić information content (AvgIpc) is 3.17. The van der Waals surface area contributed by atoms with Gasteiger partial charge in [-0.3, -0.25) is 14.9 Å². The molecular weight excluding hydrogens is 370 g/mol. The molecule has 7 nitrogen and oxygen atoms in total. The largest absolute Gasteiger partial charge is 0.477 e. The van der Waals surface area contributed by atoms with Crippen molar-refractivity contribution < 1.29 is 14.5 Å². The van der Waals surface area contributed by atoms with E-state index in [1.807, 2.05) is 25.1 Å². The third-order valence-electron chi connectivity index (χ3n) is 4.43. The summed E-state index contributed by atoms with van der Waals surface area (Å²) in [4.78, 5) is 25.0. The van der Waals surface area contributed by atoms with Crippen molar-refractivity contribution in [3.63, 3.8) is 0 Å². The van der Waals surface area contributed by atoms with Crippen LogP contribution < -0.4 is 15.0 Å². The summed E-state index contributed by atoms with van der Waals surface area (Å²) < 4.78 is 5.31. The number of nitrogens with zero attached hydrogens (tertiary/aromatic N) is 2. The molecule has 1 aliphatic rings. The Bertz CT molecular complexity index is 866. The Morgan fingerprint density at radius 3 is 2.67 bits per heavy atom. The number of nitro groups is 1. The highest BCUT2D eigenvalue weighted by Crippen LogP contribution is 2.30. The van der Waals surface area contributed by atoms with Gasteiger partial charge in [0.05, 0.1) is 4.92 Å². The highest BCUT2D eigenvalue weighted by molar-refractivity contribution is 6.30. The number of carbonyl (C=O) groups excluding carboxylic acids is 1. The van der Waals surface area contributed by atoms with Gasteiger partial charge >= 0.3 is 5.69 Å². The smallest absolute Gasteiger partial charge is 0.312 e. The fourth-order valence-corrected chi connectivity index (χ4v) is 3.21. The Hall–Kier alpha value is -2.80. The zero-order valence-electron chi connectivity index (χ0n) is 14.9. The van der Waals surface area contributed by atoms with Crippen LogP contribution in [0.15, 0.2) is 36.4 Å². The fourth-order valence-electron chi connectivity index (χ4n) is 3.04. The predicted molar refractivity (Wildman–Crippen MR) is 105 cm³/mol. The number of hydrogen-bond acceptors (Lipinski definition) is 5. The van der Waals surface area contributed by atoms with E-state index in [4.69, 9.17) is 16.3 Å². The van der Waals surface area contributed by atoms with Crippen LogP contribution in [0.2, 0.25) is 5.02 Å². The summed E-state index contributed by atoms with van der Waals surface area (Å²) in [6.45, 7) is 3.70. The first-order valence-corrected chi connectivity index (χ1v) is 9.04. The van der Waals surface area contributed by atoms with Gasteiger partial charge in [-0.15, -0.1) is 0 Å². The first kappa shape index (κ1) is 19.0. The lowest BCUT2D eigenvalue weighted by Crippen LogP contribution is -2.21. The molecule has 2 aromatic carbocycles. The molecule has 0 saturated carbocycles. The van der Waals surface area contributed by atoms with Crippen molar-refractivity contribution in [3.8, 4) is 5.75 Å². The van der Waals surface area contributed by atoms with Crippen LogP contribution in [0, 0.1) is 17.0 Å². The van der Waals surface area contributed by atoms with Gasteiger partial charge in [0.25, 0.3) is 5.91 Å². The van der Waals surface area contributed by atoms with E-state index < -0.39 is 10.8 Å². The van der Waals surface area contributed by atoms with Crippen LogP contribution in [0.25, 0.3) is 0 Å². The predicted octanol–water partition coefficient (Wildman–Crippen LogP) is 4.17. The lowest BCUT2D eigenvalue weighted by atomic mass is 10.1. The first-order chi connectivity index (χ1) is 12.9. The minimum Gasteiger partial charge on any atom is -0.477 e. The van der Waals surface area contributed by atoms with Gasteiger partial charge in [-0.1, -0.05) is 11.6 Å². The van der Waals surface area contributed by atoms with Gasteiger partial charge in [0, 0.05) is 35.6 Å². The molecule has 1 heterocycles. The number of hydrogen-bond donors (Lipinski definition) is 1. The standard InChI is InChI=1S/C19H20ClN3O4/c1-13-10-15(22-8-2-3-9-22)5-6-16(13)21-19(24)12-27-18-7-4-14(20)11-17(18)23(25)26/h4-7,10-11H,2-3,8-9,12H2,1H3,(H,21,24). The molecular formula is C19H20ClN3O4. The molecule has 0 radical (unpaired) electrons. The zero-order valence-corrected chi connectivity index (χ0v) is 15.7. The second-order valence-corrected chi connectivity index (χ2v) is 6.84. The van der Waals surface area contributed by atoms with Crippen LogP contribution in [0.5, 0.6) is 5.75 Å². The molecule has 1 saturated heterocycles. The van der Waals surface area contributed by atoms with Crippen molar-refractivity contribution >= 4 is 34.6 Å². The van der Waals surface area contributed by atoms with Crippen molar-refractivity contribution in [2.45, 2.75) is 19.8 Å². The molecule has 0 spiro atoms. The van der Waals surface area contributed by atoms with E-state index in [0.717, 1.165) is 24.3 Å². The molecule has 0 aliphatic carbocycles. The number of carbonyl (C=O) groups is 1. The number of amides is 1. The number of benzene rings is 2. The second-order valence-electron chi connectivity index (χ2n) is 6.40. The lowest BCUT2D eigenvalue weighted by molar-refractivity contribution is -0.385. The van der Waals surface area contributed by atoms with Crippen molar-refractivity contribution in [2.24, 2.45) is 0 Å². The molecule has 1 amide bonds. The van der Waals surface area contributed by atoms with Gasteiger partial charge in [0.1, 0.15) is 0 Å². The van der Waals surface area contributed by atoms with Gasteiger partial charge in [-0.05, 0) is 55.7 Å². The van der Waals surface area contributed by atoms with Crippen LogP contribution >= 0.6 is 11.6 Å². The van der Waals surface area contributed by atoms with Crippen molar-refractivity contribution in [1.82, 2.24) is 0 Å². The van der Waals surface area contributed by atoms with Crippen molar-refractivity contribution in [3.05, 3.63) is 57.1 Å². The van der Waals surface area contributed by atoms with Crippen LogP contribution in [0.1, 0.15) is 18.4 Å². The number of nitro benzene ring substituents is 1. The molecule has 2 aromatic rings. The average molecular weight is 390 g/mol. The van der Waals surface area contributed by atoms with Gasteiger partial charge in [-0.2, -0.15) is 0 Å². The third-order valence-corrected chi connectivity index (χ3v) is 4.67. The van der Waals surface area contributed by atoms with Gasteiger partial charge in [-0.25, -0.2) is 0 Å². The van der Waals surface area contributed by atoms with E-state index in [-0.39, 0.29) is 23.1 Å². The van der Waals surface area contributed by atoms with Gasteiger partial charge in [0.2, 0.25) is 0 Å². The maximum Gasteiger partial charge on any atom is 0.312 e. The molecule has 0 atom stereocenters. The summed E-state index contributed by atoms with van der Waals surface area (Å²) in [5.74, 6) is -0.392. The lowest BCUT2D eigenvalue weighted by Gasteiger charge is -2.19. The summed E-state index contributed by atoms with van der Waals surface area (Å²) in [5, 5.41) is 14.1. The van der Waals surface area contributed by atoms with Crippen LogP contribution in [0.4, 0.5) is 17.1 Å². The normalized spacial score (nSPS) is 13.5.